The number of benzene rings is 1. The second kappa shape index (κ2) is 9.63. The predicted molar refractivity (Wildman–Crippen MR) is 107 cm³/mol. The van der Waals surface area contributed by atoms with E-state index < -0.39 is 22.5 Å². The molecule has 0 bridgehead atoms. The number of sulfonamides is 1. The first kappa shape index (κ1) is 21.8. The Morgan fingerprint density at radius 2 is 2.00 bits per heavy atom. The van der Waals surface area contributed by atoms with E-state index in [0.717, 1.165) is 10.7 Å². The van der Waals surface area contributed by atoms with E-state index in [1.807, 2.05) is 6.92 Å². The van der Waals surface area contributed by atoms with Gasteiger partial charge in [-0.05, 0) is 36.8 Å². The van der Waals surface area contributed by atoms with E-state index in [-0.39, 0.29) is 22.1 Å². The van der Waals surface area contributed by atoms with Gasteiger partial charge in [0, 0.05) is 31.0 Å². The Labute approximate surface area is 169 Å². The molecule has 1 aromatic carbocycles. The molecule has 2 aromatic rings. The number of likely N-dealkylation sites (N-methyl/N-ethyl adjacent to an activating group) is 1. The van der Waals surface area contributed by atoms with Gasteiger partial charge in [0.05, 0.1) is 17.8 Å². The van der Waals surface area contributed by atoms with Crippen molar-refractivity contribution in [3.8, 4) is 0 Å². The van der Waals surface area contributed by atoms with Gasteiger partial charge in [-0.3, -0.25) is 14.6 Å². The maximum Gasteiger partial charge on any atom is 0.253 e. The number of carbonyl (C=O) groups excluding carboxylic acids is 2. The first-order valence-corrected chi connectivity index (χ1v) is 10.3. The van der Waals surface area contributed by atoms with Gasteiger partial charge >= 0.3 is 0 Å². The second-order valence-corrected chi connectivity index (χ2v) is 8.43. The smallest absolute Gasteiger partial charge is 0.253 e. The van der Waals surface area contributed by atoms with E-state index in [2.05, 4.69) is 15.6 Å². The van der Waals surface area contributed by atoms with Crippen LogP contribution in [-0.4, -0.2) is 49.7 Å². The standard InChI is InChI=1S/C18H21ClN4O4S/c1-3-8-21-18(25)15-7-6-13(19)10-16(15)22-17(24)12-23(2)28(26,27)14-5-4-9-20-11-14/h4-7,9-11H,3,8,12H2,1-2H3,(H,21,25)(H,22,24). The van der Waals surface area contributed by atoms with Crippen molar-refractivity contribution in [2.24, 2.45) is 0 Å². The lowest BCUT2D eigenvalue weighted by Crippen LogP contribution is -2.35. The van der Waals surface area contributed by atoms with E-state index in [1.54, 1.807) is 0 Å². The maximum absolute atomic E-state index is 12.5. The van der Waals surface area contributed by atoms with E-state index >= 15 is 0 Å². The van der Waals surface area contributed by atoms with Crippen LogP contribution in [0, 0.1) is 0 Å². The fraction of sp³-hybridized carbons (Fsp3) is 0.278. The number of nitrogens with one attached hydrogen (secondary N) is 2. The Balaban J connectivity index is 2.14. The van der Waals surface area contributed by atoms with Crippen LogP contribution in [0.25, 0.3) is 0 Å². The van der Waals surface area contributed by atoms with Gasteiger partial charge in [0.2, 0.25) is 15.9 Å². The minimum atomic E-state index is -3.87. The molecule has 10 heteroatoms. The third-order valence-corrected chi connectivity index (χ3v) is 5.77. The molecular weight excluding hydrogens is 404 g/mol. The van der Waals surface area contributed by atoms with Crippen molar-refractivity contribution in [1.29, 1.82) is 0 Å². The molecule has 0 radical (unpaired) electrons. The molecule has 0 unspecified atom stereocenters. The fourth-order valence-electron chi connectivity index (χ4n) is 2.31. The van der Waals surface area contributed by atoms with Crippen LogP contribution in [0.4, 0.5) is 5.69 Å². The van der Waals surface area contributed by atoms with E-state index in [9.17, 15) is 18.0 Å². The number of anilines is 1. The van der Waals surface area contributed by atoms with Gasteiger partial charge in [0.1, 0.15) is 4.90 Å². The van der Waals surface area contributed by atoms with Crippen LogP contribution in [0.1, 0.15) is 23.7 Å². The lowest BCUT2D eigenvalue weighted by molar-refractivity contribution is -0.116. The van der Waals surface area contributed by atoms with E-state index in [1.165, 1.54) is 49.8 Å². The largest absolute Gasteiger partial charge is 0.352 e. The third-order valence-electron chi connectivity index (χ3n) is 3.74. The van der Waals surface area contributed by atoms with Gasteiger partial charge < -0.3 is 10.6 Å². The Bertz CT molecular complexity index is 951. The zero-order valence-corrected chi connectivity index (χ0v) is 17.0. The molecule has 28 heavy (non-hydrogen) atoms. The number of pyridine rings is 1. The average molecular weight is 425 g/mol. The van der Waals surface area contributed by atoms with Crippen LogP contribution in [0.3, 0.4) is 0 Å². The van der Waals surface area contributed by atoms with E-state index in [4.69, 9.17) is 11.6 Å². The number of hydrogen-bond donors (Lipinski definition) is 2. The first-order valence-electron chi connectivity index (χ1n) is 8.49. The monoisotopic (exact) mass is 424 g/mol. The number of carbonyl (C=O) groups is 2. The number of halogens is 1. The number of amides is 2. The molecule has 0 atom stereocenters. The highest BCUT2D eigenvalue weighted by Gasteiger charge is 2.24. The molecule has 0 aliphatic carbocycles. The number of rotatable bonds is 8. The minimum Gasteiger partial charge on any atom is -0.352 e. The summed E-state index contributed by atoms with van der Waals surface area (Å²) in [4.78, 5) is 28.4. The summed E-state index contributed by atoms with van der Waals surface area (Å²) in [6.07, 6.45) is 3.42. The van der Waals surface area contributed by atoms with Gasteiger partial charge in [-0.25, -0.2) is 8.42 Å². The molecule has 8 nitrogen and oxygen atoms in total. The molecule has 0 saturated heterocycles. The normalized spacial score (nSPS) is 11.3. The summed E-state index contributed by atoms with van der Waals surface area (Å²) < 4.78 is 25.9. The first-order chi connectivity index (χ1) is 13.3. The molecule has 2 N–H and O–H groups in total. The van der Waals surface area contributed by atoms with Crippen molar-refractivity contribution in [1.82, 2.24) is 14.6 Å². The van der Waals surface area contributed by atoms with Crippen LogP contribution in [-0.2, 0) is 14.8 Å². The average Bonchev–Trinajstić information content (AvgIpc) is 2.66. The molecule has 0 fully saturated rings. The Kier molecular flexibility index (Phi) is 7.50. The Hall–Kier alpha value is -2.49. The fourth-order valence-corrected chi connectivity index (χ4v) is 3.57. The molecule has 0 saturated carbocycles. The maximum atomic E-state index is 12.5. The molecular formula is C18H21ClN4O4S. The van der Waals surface area contributed by atoms with Crippen molar-refractivity contribution in [3.05, 3.63) is 53.3 Å². The van der Waals surface area contributed by atoms with Gasteiger partial charge in [-0.15, -0.1) is 0 Å². The van der Waals surface area contributed by atoms with Crippen molar-refractivity contribution in [2.45, 2.75) is 18.2 Å². The second-order valence-electron chi connectivity index (χ2n) is 5.94. The van der Waals surface area contributed by atoms with Gasteiger partial charge in [-0.2, -0.15) is 4.31 Å². The molecule has 0 aliphatic heterocycles. The summed E-state index contributed by atoms with van der Waals surface area (Å²) in [5.74, 6) is -0.966. The van der Waals surface area contributed by atoms with Gasteiger partial charge in [0.25, 0.3) is 5.91 Å². The molecule has 1 heterocycles. The number of hydrogen-bond acceptors (Lipinski definition) is 5. The highest BCUT2D eigenvalue weighted by molar-refractivity contribution is 7.89. The summed E-state index contributed by atoms with van der Waals surface area (Å²) in [7, 11) is -2.58. The molecule has 0 aliphatic rings. The predicted octanol–water partition coefficient (Wildman–Crippen LogP) is 2.13. The molecule has 2 amide bonds. The SMILES string of the molecule is CCCNC(=O)c1ccc(Cl)cc1NC(=O)CN(C)S(=O)(=O)c1cccnc1. The van der Waals surface area contributed by atoms with Crippen LogP contribution >= 0.6 is 11.6 Å². The summed E-state index contributed by atoms with van der Waals surface area (Å²) >= 11 is 5.97. The van der Waals surface area contributed by atoms with Gasteiger partial charge in [0.15, 0.2) is 0 Å². The quantitative estimate of drug-likeness (QED) is 0.674. The van der Waals surface area contributed by atoms with Crippen LogP contribution < -0.4 is 10.6 Å². The van der Waals surface area contributed by atoms with Crippen molar-refractivity contribution in [2.75, 3.05) is 25.5 Å². The topological polar surface area (TPSA) is 108 Å². The highest BCUT2D eigenvalue weighted by Crippen LogP contribution is 2.21. The van der Waals surface area contributed by atoms with Crippen molar-refractivity contribution >= 4 is 39.1 Å². The lowest BCUT2D eigenvalue weighted by Gasteiger charge is -2.17. The summed E-state index contributed by atoms with van der Waals surface area (Å²) in [5, 5.41) is 5.61. The summed E-state index contributed by atoms with van der Waals surface area (Å²) in [6.45, 7) is 1.96. The molecule has 150 valence electrons. The van der Waals surface area contributed by atoms with Crippen LogP contribution in [0.15, 0.2) is 47.6 Å². The van der Waals surface area contributed by atoms with Crippen molar-refractivity contribution in [3.63, 3.8) is 0 Å². The van der Waals surface area contributed by atoms with E-state index in [0.29, 0.717) is 11.6 Å². The van der Waals surface area contributed by atoms with Gasteiger partial charge in [-0.1, -0.05) is 18.5 Å². The molecule has 1 aromatic heterocycles. The minimum absolute atomic E-state index is 0.0207. The zero-order valence-electron chi connectivity index (χ0n) is 15.5. The van der Waals surface area contributed by atoms with Crippen molar-refractivity contribution < 1.29 is 18.0 Å². The molecule has 2 rings (SSSR count). The highest BCUT2D eigenvalue weighted by atomic mass is 35.5. The third kappa shape index (κ3) is 5.51. The molecule has 0 spiro atoms. The Morgan fingerprint density at radius 3 is 2.64 bits per heavy atom. The Morgan fingerprint density at radius 1 is 1.25 bits per heavy atom. The number of aromatic nitrogens is 1. The van der Waals surface area contributed by atoms with Crippen LogP contribution in [0.2, 0.25) is 5.02 Å². The summed E-state index contributed by atoms with van der Waals surface area (Å²) in [5.41, 5.74) is 0.447. The van der Waals surface area contributed by atoms with Crippen LogP contribution in [0.5, 0.6) is 0 Å². The zero-order chi connectivity index (χ0) is 20.7. The lowest BCUT2D eigenvalue weighted by atomic mass is 10.1. The summed E-state index contributed by atoms with van der Waals surface area (Å²) in [6, 6.07) is 7.36. The number of nitrogens with zero attached hydrogens (tertiary/aromatic N) is 2.